The smallest absolute Gasteiger partial charge is 0.410 e. The van der Waals surface area contributed by atoms with Gasteiger partial charge in [0.25, 0.3) is 0 Å². The van der Waals surface area contributed by atoms with Crippen molar-refractivity contribution >= 4 is 17.9 Å². The summed E-state index contributed by atoms with van der Waals surface area (Å²) in [4.78, 5) is 13.9. The molecule has 2 rings (SSSR count). The molecule has 1 aromatic carbocycles. The number of nitrogens with zero attached hydrogens (tertiary/aromatic N) is 1. The zero-order valence-electron chi connectivity index (χ0n) is 12.1. The van der Waals surface area contributed by atoms with Crippen LogP contribution in [0.4, 0.5) is 4.79 Å². The second-order valence-corrected chi connectivity index (χ2v) is 6.53. The summed E-state index contributed by atoms with van der Waals surface area (Å²) in [5.74, 6) is 1.18. The van der Waals surface area contributed by atoms with E-state index in [2.05, 4.69) is 6.92 Å². The molecular formula is C16H23NO2S. The Hall–Kier alpha value is -1.16. The molecule has 0 aromatic heterocycles. The quantitative estimate of drug-likeness (QED) is 0.824. The first-order valence-corrected chi connectivity index (χ1v) is 8.41. The van der Waals surface area contributed by atoms with Gasteiger partial charge in [0.05, 0.1) is 0 Å². The van der Waals surface area contributed by atoms with Gasteiger partial charge in [-0.15, -0.1) is 0 Å². The third kappa shape index (κ3) is 4.75. The highest BCUT2D eigenvalue weighted by Crippen LogP contribution is 2.23. The summed E-state index contributed by atoms with van der Waals surface area (Å²) in [5, 5.41) is 0.577. The molecule has 0 aliphatic carbocycles. The van der Waals surface area contributed by atoms with E-state index in [-0.39, 0.29) is 6.09 Å². The predicted molar refractivity (Wildman–Crippen MR) is 84.0 cm³/mol. The van der Waals surface area contributed by atoms with E-state index < -0.39 is 0 Å². The van der Waals surface area contributed by atoms with E-state index in [9.17, 15) is 4.79 Å². The maximum atomic E-state index is 12.1. The Labute approximate surface area is 125 Å². The lowest BCUT2D eigenvalue weighted by atomic mass is 10.1. The molecule has 4 heteroatoms. The van der Waals surface area contributed by atoms with Gasteiger partial charge < -0.3 is 9.64 Å². The van der Waals surface area contributed by atoms with Gasteiger partial charge in [-0.3, -0.25) is 0 Å². The zero-order chi connectivity index (χ0) is 14.2. The summed E-state index contributed by atoms with van der Waals surface area (Å²) >= 11 is 1.98. The molecule has 1 aliphatic heterocycles. The largest absolute Gasteiger partial charge is 0.445 e. The molecule has 1 heterocycles. The summed E-state index contributed by atoms with van der Waals surface area (Å²) in [6.07, 6.45) is 3.32. The van der Waals surface area contributed by atoms with E-state index in [4.69, 9.17) is 4.74 Å². The summed E-state index contributed by atoms with van der Waals surface area (Å²) < 4.78 is 5.40. The number of carbonyl (C=O) groups excluding carboxylic acids is 1. The number of thioether (sulfide) groups is 1. The van der Waals surface area contributed by atoms with E-state index in [1.807, 2.05) is 47.0 Å². The van der Waals surface area contributed by atoms with Gasteiger partial charge in [-0.25, -0.2) is 4.79 Å². The minimum absolute atomic E-state index is 0.171. The molecule has 1 atom stereocenters. The van der Waals surface area contributed by atoms with E-state index >= 15 is 0 Å². The van der Waals surface area contributed by atoms with E-state index in [0.29, 0.717) is 11.9 Å². The third-order valence-corrected chi connectivity index (χ3v) is 4.90. The fourth-order valence-corrected chi connectivity index (χ4v) is 3.52. The first kappa shape index (κ1) is 15.2. The van der Waals surface area contributed by atoms with Crippen molar-refractivity contribution in [2.45, 2.75) is 38.0 Å². The Balaban J connectivity index is 1.77. The number of hydrogen-bond acceptors (Lipinski definition) is 3. The molecule has 110 valence electrons. The highest BCUT2D eigenvalue weighted by Gasteiger charge is 2.24. The highest BCUT2D eigenvalue weighted by atomic mass is 32.2. The summed E-state index contributed by atoms with van der Waals surface area (Å²) in [5.41, 5.74) is 1.04. The van der Waals surface area contributed by atoms with Crippen molar-refractivity contribution in [3.63, 3.8) is 0 Å². The van der Waals surface area contributed by atoms with Crippen molar-refractivity contribution in [2.24, 2.45) is 0 Å². The van der Waals surface area contributed by atoms with Crippen LogP contribution in [0.1, 0.15) is 31.7 Å². The summed E-state index contributed by atoms with van der Waals surface area (Å²) in [6.45, 7) is 4.22. The molecule has 3 nitrogen and oxygen atoms in total. The van der Waals surface area contributed by atoms with Crippen molar-refractivity contribution < 1.29 is 9.53 Å². The molecule has 1 fully saturated rings. The molecule has 20 heavy (non-hydrogen) atoms. The Morgan fingerprint density at radius 1 is 1.40 bits per heavy atom. The molecule has 1 unspecified atom stereocenters. The van der Waals surface area contributed by atoms with Crippen LogP contribution < -0.4 is 0 Å². The standard InChI is InChI=1S/C16H23NO2S/c1-2-11-20-15-9-6-10-17(12-15)16(18)19-13-14-7-4-3-5-8-14/h3-5,7-8,15H,2,6,9-13H2,1H3. The molecule has 0 spiro atoms. The molecule has 0 N–H and O–H groups in total. The van der Waals surface area contributed by atoms with Gasteiger partial charge in [0.2, 0.25) is 0 Å². The van der Waals surface area contributed by atoms with Crippen LogP contribution in [-0.2, 0) is 11.3 Å². The normalized spacial score (nSPS) is 18.9. The van der Waals surface area contributed by atoms with Crippen molar-refractivity contribution in [3.8, 4) is 0 Å². The maximum Gasteiger partial charge on any atom is 0.410 e. The van der Waals surface area contributed by atoms with Crippen molar-refractivity contribution in [1.29, 1.82) is 0 Å². The number of ether oxygens (including phenoxy) is 1. The van der Waals surface area contributed by atoms with Gasteiger partial charge >= 0.3 is 6.09 Å². The predicted octanol–water partition coefficient (Wildman–Crippen LogP) is 3.93. The Morgan fingerprint density at radius 2 is 2.20 bits per heavy atom. The molecule has 0 bridgehead atoms. The van der Waals surface area contributed by atoms with Crippen LogP contribution in [0.5, 0.6) is 0 Å². The number of piperidine rings is 1. The van der Waals surface area contributed by atoms with Crippen LogP contribution in [-0.4, -0.2) is 35.1 Å². The number of benzene rings is 1. The van der Waals surface area contributed by atoms with Crippen molar-refractivity contribution in [1.82, 2.24) is 4.90 Å². The minimum atomic E-state index is -0.171. The third-order valence-electron chi connectivity index (χ3n) is 3.40. The average Bonchev–Trinajstić information content (AvgIpc) is 2.52. The SMILES string of the molecule is CCCSC1CCCN(C(=O)OCc2ccccc2)C1. The fraction of sp³-hybridized carbons (Fsp3) is 0.562. The molecule has 1 amide bonds. The van der Waals surface area contributed by atoms with Crippen molar-refractivity contribution in [2.75, 3.05) is 18.8 Å². The number of carbonyl (C=O) groups is 1. The first-order chi connectivity index (χ1) is 9.79. The second-order valence-electron chi connectivity index (χ2n) is 5.12. The van der Waals surface area contributed by atoms with Crippen LogP contribution in [0, 0.1) is 0 Å². The molecule has 1 aromatic rings. The second kappa shape index (κ2) is 8.20. The molecule has 1 saturated heterocycles. The lowest BCUT2D eigenvalue weighted by molar-refractivity contribution is 0.0903. The fourth-order valence-electron chi connectivity index (χ4n) is 2.34. The topological polar surface area (TPSA) is 29.5 Å². The number of hydrogen-bond donors (Lipinski definition) is 0. The van der Waals surface area contributed by atoms with Crippen LogP contribution in [0.25, 0.3) is 0 Å². The molecule has 0 radical (unpaired) electrons. The molecular weight excluding hydrogens is 270 g/mol. The molecule has 0 saturated carbocycles. The first-order valence-electron chi connectivity index (χ1n) is 7.37. The summed E-state index contributed by atoms with van der Waals surface area (Å²) in [6, 6.07) is 9.83. The van der Waals surface area contributed by atoms with Gasteiger partial charge in [-0.1, -0.05) is 37.3 Å². The number of amides is 1. The van der Waals surface area contributed by atoms with Gasteiger partial charge in [-0.2, -0.15) is 11.8 Å². The van der Waals surface area contributed by atoms with Gasteiger partial charge in [0.15, 0.2) is 0 Å². The van der Waals surface area contributed by atoms with Gasteiger partial charge in [0, 0.05) is 18.3 Å². The van der Waals surface area contributed by atoms with Crippen LogP contribution in [0.15, 0.2) is 30.3 Å². The van der Waals surface area contributed by atoms with Gasteiger partial charge in [0.1, 0.15) is 6.61 Å². The highest BCUT2D eigenvalue weighted by molar-refractivity contribution is 7.99. The number of rotatable bonds is 5. The van der Waals surface area contributed by atoms with E-state index in [0.717, 1.165) is 25.1 Å². The Bertz CT molecular complexity index is 410. The van der Waals surface area contributed by atoms with E-state index in [1.165, 1.54) is 18.6 Å². The maximum absolute atomic E-state index is 12.1. The monoisotopic (exact) mass is 293 g/mol. The number of likely N-dealkylation sites (tertiary alicyclic amines) is 1. The lowest BCUT2D eigenvalue weighted by Crippen LogP contribution is -2.41. The minimum Gasteiger partial charge on any atom is -0.445 e. The average molecular weight is 293 g/mol. The van der Waals surface area contributed by atoms with Gasteiger partial charge in [-0.05, 0) is 30.6 Å². The van der Waals surface area contributed by atoms with Crippen molar-refractivity contribution in [3.05, 3.63) is 35.9 Å². The van der Waals surface area contributed by atoms with Crippen LogP contribution >= 0.6 is 11.8 Å². The summed E-state index contributed by atoms with van der Waals surface area (Å²) in [7, 11) is 0. The van der Waals surface area contributed by atoms with Crippen LogP contribution in [0.3, 0.4) is 0 Å². The lowest BCUT2D eigenvalue weighted by Gasteiger charge is -2.31. The van der Waals surface area contributed by atoms with E-state index in [1.54, 1.807) is 0 Å². The Kier molecular flexibility index (Phi) is 6.25. The zero-order valence-corrected chi connectivity index (χ0v) is 12.9. The van der Waals surface area contributed by atoms with Crippen LogP contribution in [0.2, 0.25) is 0 Å². The Morgan fingerprint density at radius 3 is 2.95 bits per heavy atom. The molecule has 1 aliphatic rings.